The minimum absolute atomic E-state index is 0.0702. The van der Waals surface area contributed by atoms with Crippen LogP contribution in [0.1, 0.15) is 38.3 Å². The summed E-state index contributed by atoms with van der Waals surface area (Å²) in [7, 11) is 0. The average Bonchev–Trinajstić information content (AvgIpc) is 2.28. The first kappa shape index (κ1) is 15.6. The van der Waals surface area contributed by atoms with Gasteiger partial charge in [-0.05, 0) is 24.0 Å². The summed E-state index contributed by atoms with van der Waals surface area (Å²) in [6.45, 7) is 6.97. The third-order valence-electron chi connectivity index (χ3n) is 2.73. The molecular formula is C15H21FN2O. The van der Waals surface area contributed by atoms with Crippen LogP contribution >= 0.6 is 0 Å². The van der Waals surface area contributed by atoms with Gasteiger partial charge in [-0.25, -0.2) is 4.39 Å². The van der Waals surface area contributed by atoms with Crippen LogP contribution in [0.4, 0.5) is 4.39 Å². The van der Waals surface area contributed by atoms with Gasteiger partial charge in [-0.2, -0.15) is 5.26 Å². The summed E-state index contributed by atoms with van der Waals surface area (Å²) in [5.74, 6) is -0.392. The molecule has 4 heteroatoms. The predicted molar refractivity (Wildman–Crippen MR) is 72.9 cm³/mol. The lowest BCUT2D eigenvalue weighted by Crippen LogP contribution is -2.30. The van der Waals surface area contributed by atoms with Crippen molar-refractivity contribution in [1.29, 1.82) is 5.26 Å². The minimum Gasteiger partial charge on any atom is -0.392 e. The van der Waals surface area contributed by atoms with E-state index in [0.717, 1.165) is 0 Å². The van der Waals surface area contributed by atoms with Crippen LogP contribution in [0.15, 0.2) is 18.2 Å². The fourth-order valence-electron chi connectivity index (χ4n) is 1.91. The van der Waals surface area contributed by atoms with Gasteiger partial charge in [0, 0.05) is 18.7 Å². The molecule has 104 valence electrons. The van der Waals surface area contributed by atoms with Crippen LogP contribution in [-0.2, 0) is 6.54 Å². The molecular weight excluding hydrogens is 243 g/mol. The van der Waals surface area contributed by atoms with E-state index >= 15 is 0 Å². The van der Waals surface area contributed by atoms with Crippen molar-refractivity contribution in [3.63, 3.8) is 0 Å². The van der Waals surface area contributed by atoms with E-state index < -0.39 is 11.9 Å². The van der Waals surface area contributed by atoms with Crippen molar-refractivity contribution in [2.75, 3.05) is 6.54 Å². The van der Waals surface area contributed by atoms with Gasteiger partial charge in [-0.15, -0.1) is 0 Å². The lowest BCUT2D eigenvalue weighted by atomic mass is 9.89. The smallest absolute Gasteiger partial charge is 0.129 e. The van der Waals surface area contributed by atoms with E-state index in [1.807, 2.05) is 6.07 Å². The largest absolute Gasteiger partial charge is 0.392 e. The Hall–Kier alpha value is -1.44. The molecule has 0 aromatic heterocycles. The monoisotopic (exact) mass is 264 g/mol. The molecule has 1 aromatic carbocycles. The molecule has 1 atom stereocenters. The fraction of sp³-hybridized carbons (Fsp3) is 0.533. The van der Waals surface area contributed by atoms with Crippen molar-refractivity contribution in [3.05, 3.63) is 35.1 Å². The number of nitriles is 1. The van der Waals surface area contributed by atoms with Gasteiger partial charge in [0.05, 0.1) is 17.7 Å². The van der Waals surface area contributed by atoms with Gasteiger partial charge in [-0.3, -0.25) is 0 Å². The predicted octanol–water partition coefficient (Wildman–Crippen LogP) is 2.58. The number of nitrogens with one attached hydrogen (secondary N) is 1. The molecule has 2 N–H and O–H groups in total. The molecule has 19 heavy (non-hydrogen) atoms. The number of benzene rings is 1. The number of hydrogen-bond donors (Lipinski definition) is 2. The number of halogens is 1. The number of rotatable bonds is 5. The van der Waals surface area contributed by atoms with Gasteiger partial charge in [0.2, 0.25) is 0 Å². The zero-order valence-electron chi connectivity index (χ0n) is 11.7. The van der Waals surface area contributed by atoms with Crippen molar-refractivity contribution < 1.29 is 9.50 Å². The first-order chi connectivity index (χ1) is 8.81. The molecule has 0 saturated heterocycles. The fourth-order valence-corrected chi connectivity index (χ4v) is 1.91. The molecule has 0 aliphatic carbocycles. The van der Waals surface area contributed by atoms with Crippen LogP contribution in [0.5, 0.6) is 0 Å². The second-order valence-electron chi connectivity index (χ2n) is 5.97. The Labute approximate surface area is 114 Å². The Bertz CT molecular complexity index is 460. The summed E-state index contributed by atoms with van der Waals surface area (Å²) in [6.07, 6.45) is 0.247. The average molecular weight is 264 g/mol. The molecule has 3 nitrogen and oxygen atoms in total. The topological polar surface area (TPSA) is 56.0 Å². The van der Waals surface area contributed by atoms with Crippen LogP contribution < -0.4 is 5.32 Å². The quantitative estimate of drug-likeness (QED) is 0.859. The van der Waals surface area contributed by atoms with Crippen molar-refractivity contribution in [2.24, 2.45) is 5.41 Å². The van der Waals surface area contributed by atoms with Crippen LogP contribution in [0, 0.1) is 22.6 Å². The van der Waals surface area contributed by atoms with E-state index in [0.29, 0.717) is 30.6 Å². The highest BCUT2D eigenvalue weighted by Crippen LogP contribution is 2.20. The molecule has 0 aliphatic rings. The first-order valence-electron chi connectivity index (χ1n) is 6.39. The molecule has 0 aliphatic heterocycles. The summed E-state index contributed by atoms with van der Waals surface area (Å²) in [6, 6.07) is 6.30. The lowest BCUT2D eigenvalue weighted by molar-refractivity contribution is 0.119. The normalized spacial score (nSPS) is 13.1. The van der Waals surface area contributed by atoms with Crippen molar-refractivity contribution in [2.45, 2.75) is 39.8 Å². The first-order valence-corrected chi connectivity index (χ1v) is 6.39. The van der Waals surface area contributed by atoms with Crippen LogP contribution in [0.2, 0.25) is 0 Å². The maximum Gasteiger partial charge on any atom is 0.129 e. The summed E-state index contributed by atoms with van der Waals surface area (Å²) in [5, 5.41) is 21.5. The maximum absolute atomic E-state index is 13.6. The van der Waals surface area contributed by atoms with Gasteiger partial charge in [-0.1, -0.05) is 26.8 Å². The number of hydrogen-bond acceptors (Lipinski definition) is 3. The lowest BCUT2D eigenvalue weighted by Gasteiger charge is -2.22. The third kappa shape index (κ3) is 5.82. The van der Waals surface area contributed by atoms with Crippen LogP contribution in [0.25, 0.3) is 0 Å². The van der Waals surface area contributed by atoms with E-state index in [9.17, 15) is 9.50 Å². The Balaban J connectivity index is 2.44. The standard InChI is InChI=1S/C15H21FN2O/c1-15(2,3)7-13(19)10-18-9-12-5-4-11(8-17)6-14(12)16/h4-6,13,18-19H,7,9-10H2,1-3H3. The molecule has 0 heterocycles. The molecule has 0 radical (unpaired) electrons. The van der Waals surface area contributed by atoms with Gasteiger partial charge in [0.15, 0.2) is 0 Å². The number of nitrogens with zero attached hydrogens (tertiary/aromatic N) is 1. The molecule has 0 spiro atoms. The Morgan fingerprint density at radius 1 is 1.42 bits per heavy atom. The van der Waals surface area contributed by atoms with Gasteiger partial charge in [0.25, 0.3) is 0 Å². The highest BCUT2D eigenvalue weighted by atomic mass is 19.1. The third-order valence-corrected chi connectivity index (χ3v) is 2.73. The molecule has 1 aromatic rings. The van der Waals surface area contributed by atoms with E-state index in [1.54, 1.807) is 12.1 Å². The molecule has 1 rings (SSSR count). The Morgan fingerprint density at radius 3 is 2.63 bits per heavy atom. The van der Waals surface area contributed by atoms with Gasteiger partial charge < -0.3 is 10.4 Å². The molecule has 1 unspecified atom stereocenters. The summed E-state index contributed by atoms with van der Waals surface area (Å²) in [5.41, 5.74) is 0.886. The summed E-state index contributed by atoms with van der Waals surface area (Å²) >= 11 is 0. The van der Waals surface area contributed by atoms with Crippen molar-refractivity contribution >= 4 is 0 Å². The molecule has 0 saturated carbocycles. The number of aliphatic hydroxyl groups excluding tert-OH is 1. The van der Waals surface area contributed by atoms with E-state index in [1.165, 1.54) is 6.07 Å². The van der Waals surface area contributed by atoms with Crippen LogP contribution in [0.3, 0.4) is 0 Å². The molecule has 0 fully saturated rings. The van der Waals surface area contributed by atoms with E-state index in [2.05, 4.69) is 26.1 Å². The van der Waals surface area contributed by atoms with E-state index in [4.69, 9.17) is 5.26 Å². The summed E-state index contributed by atoms with van der Waals surface area (Å²) < 4.78 is 13.6. The van der Waals surface area contributed by atoms with Gasteiger partial charge in [0.1, 0.15) is 5.82 Å². The minimum atomic E-state index is -0.443. The molecule has 0 amide bonds. The Morgan fingerprint density at radius 2 is 2.11 bits per heavy atom. The molecule has 0 bridgehead atoms. The SMILES string of the molecule is CC(C)(C)CC(O)CNCc1ccc(C#N)cc1F. The highest BCUT2D eigenvalue weighted by Gasteiger charge is 2.16. The van der Waals surface area contributed by atoms with Crippen LogP contribution in [-0.4, -0.2) is 17.8 Å². The Kier molecular flexibility index (Phi) is 5.46. The second-order valence-corrected chi connectivity index (χ2v) is 5.97. The zero-order valence-corrected chi connectivity index (χ0v) is 11.7. The van der Waals surface area contributed by atoms with E-state index in [-0.39, 0.29) is 5.41 Å². The second kappa shape index (κ2) is 6.65. The zero-order chi connectivity index (χ0) is 14.5. The number of aliphatic hydroxyl groups is 1. The van der Waals surface area contributed by atoms with Gasteiger partial charge >= 0.3 is 0 Å². The maximum atomic E-state index is 13.6. The summed E-state index contributed by atoms with van der Waals surface area (Å²) in [4.78, 5) is 0. The highest BCUT2D eigenvalue weighted by molar-refractivity contribution is 5.32. The van der Waals surface area contributed by atoms with Crippen molar-refractivity contribution in [1.82, 2.24) is 5.32 Å². The van der Waals surface area contributed by atoms with Crippen molar-refractivity contribution in [3.8, 4) is 6.07 Å².